The molecule has 2 aromatic heterocycles. The third-order valence-electron chi connectivity index (χ3n) is 3.69. The van der Waals surface area contributed by atoms with E-state index in [1.165, 1.54) is 0 Å². The molecule has 1 fully saturated rings. The molecule has 7 nitrogen and oxygen atoms in total. The summed E-state index contributed by atoms with van der Waals surface area (Å²) in [6.45, 7) is 1.20. The van der Waals surface area contributed by atoms with E-state index in [-0.39, 0.29) is 12.0 Å². The number of rotatable bonds is 4. The molecule has 1 saturated heterocycles. The molecule has 0 aromatic carbocycles. The van der Waals surface area contributed by atoms with Crippen molar-refractivity contribution < 1.29 is 9.53 Å². The zero-order valence-electron chi connectivity index (χ0n) is 13.2. The molecular weight excluding hydrogens is 294 g/mol. The van der Waals surface area contributed by atoms with Crippen LogP contribution in [0.15, 0.2) is 36.9 Å². The van der Waals surface area contributed by atoms with E-state index in [0.29, 0.717) is 30.4 Å². The first-order valence-electron chi connectivity index (χ1n) is 7.49. The Hall–Kier alpha value is -2.70. The van der Waals surface area contributed by atoms with Crippen molar-refractivity contribution in [3.63, 3.8) is 0 Å². The summed E-state index contributed by atoms with van der Waals surface area (Å²) in [4.78, 5) is 28.6. The van der Waals surface area contributed by atoms with Gasteiger partial charge in [0.05, 0.1) is 12.1 Å². The molecule has 3 heterocycles. The Labute approximate surface area is 134 Å². The van der Waals surface area contributed by atoms with Crippen LogP contribution in [0.4, 0.5) is 5.82 Å². The van der Waals surface area contributed by atoms with Crippen LogP contribution in [0.1, 0.15) is 16.8 Å². The first-order chi connectivity index (χ1) is 11.1. The Morgan fingerprint density at radius 2 is 2.13 bits per heavy atom. The minimum atomic E-state index is -0.0778. The first-order valence-corrected chi connectivity index (χ1v) is 7.49. The van der Waals surface area contributed by atoms with Crippen LogP contribution < -0.4 is 9.64 Å². The third kappa shape index (κ3) is 3.39. The number of amides is 1. The topological polar surface area (TPSA) is 71.5 Å². The van der Waals surface area contributed by atoms with Gasteiger partial charge >= 0.3 is 0 Å². The molecule has 1 aliphatic rings. The zero-order chi connectivity index (χ0) is 16.2. The molecule has 1 unspecified atom stereocenters. The van der Waals surface area contributed by atoms with Gasteiger partial charge in [0.25, 0.3) is 11.8 Å². The van der Waals surface area contributed by atoms with Gasteiger partial charge in [-0.3, -0.25) is 9.78 Å². The SMILES string of the molecule is CN(C)c1nccnc1OC1CCN(C(=O)c2cccnc2)C1. The lowest BCUT2D eigenvalue weighted by molar-refractivity contribution is 0.0771. The van der Waals surface area contributed by atoms with Gasteiger partial charge in [0.15, 0.2) is 5.82 Å². The highest BCUT2D eigenvalue weighted by Crippen LogP contribution is 2.24. The molecule has 1 atom stereocenters. The predicted octanol–water partition coefficient (Wildman–Crippen LogP) is 1.23. The van der Waals surface area contributed by atoms with E-state index in [1.807, 2.05) is 19.0 Å². The van der Waals surface area contributed by atoms with Crippen LogP contribution >= 0.6 is 0 Å². The molecule has 1 aliphatic heterocycles. The quantitative estimate of drug-likeness (QED) is 0.845. The largest absolute Gasteiger partial charge is 0.470 e. The minimum Gasteiger partial charge on any atom is -0.470 e. The van der Waals surface area contributed by atoms with E-state index < -0.39 is 0 Å². The Bertz CT molecular complexity index is 677. The molecule has 0 radical (unpaired) electrons. The number of pyridine rings is 1. The van der Waals surface area contributed by atoms with Gasteiger partial charge in [-0.2, -0.15) is 0 Å². The molecule has 0 spiro atoms. The van der Waals surface area contributed by atoms with E-state index in [1.54, 1.807) is 41.8 Å². The van der Waals surface area contributed by atoms with Crippen molar-refractivity contribution in [1.29, 1.82) is 0 Å². The summed E-state index contributed by atoms with van der Waals surface area (Å²) in [5, 5.41) is 0. The molecule has 0 aliphatic carbocycles. The number of likely N-dealkylation sites (tertiary alicyclic amines) is 1. The van der Waals surface area contributed by atoms with Gasteiger partial charge < -0.3 is 14.5 Å². The highest BCUT2D eigenvalue weighted by molar-refractivity contribution is 5.94. The molecule has 0 bridgehead atoms. The second-order valence-corrected chi connectivity index (χ2v) is 5.60. The molecule has 0 saturated carbocycles. The Morgan fingerprint density at radius 1 is 1.30 bits per heavy atom. The van der Waals surface area contributed by atoms with Gasteiger partial charge in [0.1, 0.15) is 6.10 Å². The van der Waals surface area contributed by atoms with Crippen LogP contribution in [-0.2, 0) is 0 Å². The molecule has 3 rings (SSSR count). The Balaban J connectivity index is 1.66. The molecule has 0 N–H and O–H groups in total. The fourth-order valence-electron chi connectivity index (χ4n) is 2.55. The fraction of sp³-hybridized carbons (Fsp3) is 0.375. The Kier molecular flexibility index (Phi) is 4.36. The van der Waals surface area contributed by atoms with Gasteiger partial charge in [-0.05, 0) is 12.1 Å². The first kappa shape index (κ1) is 15.2. The number of carbonyl (C=O) groups excluding carboxylic acids is 1. The van der Waals surface area contributed by atoms with Crippen molar-refractivity contribution >= 4 is 11.7 Å². The highest BCUT2D eigenvalue weighted by atomic mass is 16.5. The lowest BCUT2D eigenvalue weighted by Crippen LogP contribution is -2.31. The summed E-state index contributed by atoms with van der Waals surface area (Å²) in [6, 6.07) is 3.54. The van der Waals surface area contributed by atoms with Crippen LogP contribution in [0.3, 0.4) is 0 Å². The zero-order valence-corrected chi connectivity index (χ0v) is 13.2. The van der Waals surface area contributed by atoms with Crippen LogP contribution in [-0.4, -0.2) is 59.0 Å². The number of aromatic nitrogens is 3. The average Bonchev–Trinajstić information content (AvgIpc) is 3.04. The van der Waals surface area contributed by atoms with Crippen LogP contribution in [0.5, 0.6) is 5.88 Å². The van der Waals surface area contributed by atoms with Crippen molar-refractivity contribution in [2.75, 3.05) is 32.1 Å². The molecule has 7 heteroatoms. The van der Waals surface area contributed by atoms with Crippen molar-refractivity contribution in [2.45, 2.75) is 12.5 Å². The van der Waals surface area contributed by atoms with Crippen LogP contribution in [0.2, 0.25) is 0 Å². The minimum absolute atomic E-state index is 0.0174. The number of nitrogens with zero attached hydrogens (tertiary/aromatic N) is 5. The number of anilines is 1. The molecular formula is C16H19N5O2. The maximum atomic E-state index is 12.4. The van der Waals surface area contributed by atoms with Crippen LogP contribution in [0.25, 0.3) is 0 Å². The number of hydrogen-bond acceptors (Lipinski definition) is 6. The number of carbonyl (C=O) groups is 1. The fourth-order valence-corrected chi connectivity index (χ4v) is 2.55. The summed E-state index contributed by atoms with van der Waals surface area (Å²) in [5.74, 6) is 1.17. The highest BCUT2D eigenvalue weighted by Gasteiger charge is 2.29. The van der Waals surface area contributed by atoms with Crippen molar-refractivity contribution in [3.05, 3.63) is 42.5 Å². The Morgan fingerprint density at radius 3 is 2.87 bits per heavy atom. The van der Waals surface area contributed by atoms with Crippen molar-refractivity contribution in [2.24, 2.45) is 0 Å². The van der Waals surface area contributed by atoms with Gasteiger partial charge in [-0.15, -0.1) is 0 Å². The van der Waals surface area contributed by atoms with Crippen molar-refractivity contribution in [3.8, 4) is 5.88 Å². The lowest BCUT2D eigenvalue weighted by Gasteiger charge is -2.19. The van der Waals surface area contributed by atoms with Gasteiger partial charge in [0, 0.05) is 51.8 Å². The van der Waals surface area contributed by atoms with Crippen molar-refractivity contribution in [1.82, 2.24) is 19.9 Å². The summed E-state index contributed by atoms with van der Waals surface area (Å²) >= 11 is 0. The van der Waals surface area contributed by atoms with E-state index in [2.05, 4.69) is 15.0 Å². The summed E-state index contributed by atoms with van der Waals surface area (Å²) in [7, 11) is 3.79. The molecule has 2 aromatic rings. The summed E-state index contributed by atoms with van der Waals surface area (Å²) in [6.07, 6.45) is 7.18. The number of hydrogen-bond donors (Lipinski definition) is 0. The predicted molar refractivity (Wildman–Crippen MR) is 85.5 cm³/mol. The normalized spacial score (nSPS) is 17.1. The van der Waals surface area contributed by atoms with Gasteiger partial charge in [-0.25, -0.2) is 9.97 Å². The summed E-state index contributed by atoms with van der Waals surface area (Å²) < 4.78 is 5.96. The van der Waals surface area contributed by atoms with Gasteiger partial charge in [-0.1, -0.05) is 0 Å². The maximum Gasteiger partial charge on any atom is 0.257 e. The second-order valence-electron chi connectivity index (χ2n) is 5.60. The standard InChI is InChI=1S/C16H19N5O2/c1-20(2)14-15(19-8-7-18-14)23-13-5-9-21(11-13)16(22)12-4-3-6-17-10-12/h3-4,6-8,10,13H,5,9,11H2,1-2H3. The van der Waals surface area contributed by atoms with E-state index in [0.717, 1.165) is 6.42 Å². The number of ether oxygens (including phenoxy) is 1. The van der Waals surface area contributed by atoms with Crippen LogP contribution in [0, 0.1) is 0 Å². The average molecular weight is 313 g/mol. The van der Waals surface area contributed by atoms with Gasteiger partial charge in [0.2, 0.25) is 0 Å². The van der Waals surface area contributed by atoms with E-state index in [4.69, 9.17) is 4.74 Å². The smallest absolute Gasteiger partial charge is 0.257 e. The molecule has 1 amide bonds. The van der Waals surface area contributed by atoms with E-state index >= 15 is 0 Å². The third-order valence-corrected chi connectivity index (χ3v) is 3.69. The summed E-state index contributed by atoms with van der Waals surface area (Å²) in [5.41, 5.74) is 0.599. The van der Waals surface area contributed by atoms with E-state index in [9.17, 15) is 4.79 Å². The monoisotopic (exact) mass is 313 g/mol. The molecule has 23 heavy (non-hydrogen) atoms. The second kappa shape index (κ2) is 6.60. The lowest BCUT2D eigenvalue weighted by atomic mass is 10.2. The maximum absolute atomic E-state index is 12.4. The molecule has 120 valence electrons.